The van der Waals surface area contributed by atoms with E-state index in [2.05, 4.69) is 10.3 Å². The molecule has 3 rings (SSSR count). The Morgan fingerprint density at radius 1 is 1.27 bits per heavy atom. The fraction of sp³-hybridized carbons (Fsp3) is 0.200. The molecule has 0 fully saturated rings. The number of hydrogen-bond donors (Lipinski definition) is 1. The van der Waals surface area contributed by atoms with Crippen LogP contribution in [0, 0.1) is 6.92 Å². The van der Waals surface area contributed by atoms with Gasteiger partial charge in [-0.2, -0.15) is 0 Å². The molecule has 1 heterocycles. The fourth-order valence-corrected chi connectivity index (χ4v) is 4.71. The lowest BCUT2D eigenvalue weighted by atomic mass is 10.2. The predicted octanol–water partition coefficient (Wildman–Crippen LogP) is 4.19. The van der Waals surface area contributed by atoms with Crippen LogP contribution in [-0.2, 0) is 14.8 Å². The zero-order chi connectivity index (χ0) is 21.9. The van der Waals surface area contributed by atoms with E-state index < -0.39 is 15.9 Å². The van der Waals surface area contributed by atoms with Crippen LogP contribution in [0.4, 0.5) is 10.8 Å². The standard InChI is InChI=1S/C20H20ClN3O4S2/c1-13-6-4-5-7-17(13)24(30(3,26)27)11-19(25)23-20-22-16(12-29-20)14-8-9-18(28-2)15(21)10-14/h4-10,12H,11H2,1-3H3,(H,22,23,25). The molecule has 3 aromatic rings. The SMILES string of the molecule is COc1ccc(-c2csc(NC(=O)CN(c3ccccc3C)S(C)(=O)=O)n2)cc1Cl. The molecule has 0 saturated heterocycles. The average molecular weight is 466 g/mol. The number of para-hydroxylation sites is 1. The average Bonchev–Trinajstić information content (AvgIpc) is 3.14. The highest BCUT2D eigenvalue weighted by molar-refractivity contribution is 7.92. The van der Waals surface area contributed by atoms with Crippen LogP contribution in [0.2, 0.25) is 5.02 Å². The number of benzene rings is 2. The van der Waals surface area contributed by atoms with Crippen molar-refractivity contribution in [2.24, 2.45) is 0 Å². The predicted molar refractivity (Wildman–Crippen MR) is 121 cm³/mol. The second kappa shape index (κ2) is 9.03. The highest BCUT2D eigenvalue weighted by Gasteiger charge is 2.22. The molecule has 0 aliphatic rings. The second-order valence-electron chi connectivity index (χ2n) is 6.49. The third-order valence-electron chi connectivity index (χ3n) is 4.27. The first-order valence-corrected chi connectivity index (χ1v) is 11.9. The molecule has 30 heavy (non-hydrogen) atoms. The Morgan fingerprint density at radius 2 is 2.00 bits per heavy atom. The van der Waals surface area contributed by atoms with Crippen molar-refractivity contribution in [3.05, 3.63) is 58.4 Å². The van der Waals surface area contributed by atoms with E-state index >= 15 is 0 Å². The normalized spacial score (nSPS) is 11.2. The number of ether oxygens (including phenoxy) is 1. The van der Waals surface area contributed by atoms with Gasteiger partial charge in [-0.15, -0.1) is 11.3 Å². The van der Waals surface area contributed by atoms with E-state index in [-0.39, 0.29) is 6.54 Å². The van der Waals surface area contributed by atoms with Gasteiger partial charge in [0.2, 0.25) is 15.9 Å². The van der Waals surface area contributed by atoms with Gasteiger partial charge < -0.3 is 10.1 Å². The van der Waals surface area contributed by atoms with Crippen LogP contribution >= 0.6 is 22.9 Å². The number of sulfonamides is 1. The highest BCUT2D eigenvalue weighted by atomic mass is 35.5. The van der Waals surface area contributed by atoms with Gasteiger partial charge in [0, 0.05) is 10.9 Å². The van der Waals surface area contributed by atoms with Gasteiger partial charge in [-0.05, 0) is 36.8 Å². The van der Waals surface area contributed by atoms with Crippen molar-refractivity contribution in [2.75, 3.05) is 29.5 Å². The molecule has 1 amide bonds. The molecule has 1 N–H and O–H groups in total. The van der Waals surface area contributed by atoms with Gasteiger partial charge in [-0.25, -0.2) is 13.4 Å². The lowest BCUT2D eigenvalue weighted by Crippen LogP contribution is -2.37. The number of amides is 1. The van der Waals surface area contributed by atoms with Crippen LogP contribution in [0.3, 0.4) is 0 Å². The van der Waals surface area contributed by atoms with Crippen molar-refractivity contribution in [3.63, 3.8) is 0 Å². The number of carbonyl (C=O) groups excluding carboxylic acids is 1. The summed E-state index contributed by atoms with van der Waals surface area (Å²) in [4.78, 5) is 16.9. The third kappa shape index (κ3) is 5.10. The number of aryl methyl sites for hydroxylation is 1. The molecule has 1 aromatic heterocycles. The summed E-state index contributed by atoms with van der Waals surface area (Å²) in [7, 11) is -2.11. The molecular formula is C20H20ClN3O4S2. The number of anilines is 2. The Labute approximate surface area is 184 Å². The Morgan fingerprint density at radius 3 is 2.63 bits per heavy atom. The lowest BCUT2D eigenvalue weighted by Gasteiger charge is -2.23. The molecule has 0 radical (unpaired) electrons. The number of methoxy groups -OCH3 is 1. The summed E-state index contributed by atoms with van der Waals surface area (Å²) in [6.07, 6.45) is 1.07. The molecular weight excluding hydrogens is 446 g/mol. The van der Waals surface area contributed by atoms with Crippen LogP contribution in [0.15, 0.2) is 47.8 Å². The monoisotopic (exact) mass is 465 g/mol. The van der Waals surface area contributed by atoms with E-state index in [4.69, 9.17) is 16.3 Å². The minimum Gasteiger partial charge on any atom is -0.495 e. The van der Waals surface area contributed by atoms with Crippen molar-refractivity contribution in [2.45, 2.75) is 6.92 Å². The zero-order valence-electron chi connectivity index (χ0n) is 16.5. The molecule has 7 nitrogen and oxygen atoms in total. The third-order valence-corrected chi connectivity index (χ3v) is 6.45. The largest absolute Gasteiger partial charge is 0.495 e. The van der Waals surface area contributed by atoms with Crippen LogP contribution in [-0.4, -0.2) is 39.2 Å². The molecule has 0 spiro atoms. The first kappa shape index (κ1) is 22.1. The lowest BCUT2D eigenvalue weighted by molar-refractivity contribution is -0.114. The Bertz CT molecular complexity index is 1180. The number of aromatic nitrogens is 1. The molecule has 158 valence electrons. The number of rotatable bonds is 7. The van der Waals surface area contributed by atoms with Gasteiger partial charge in [0.1, 0.15) is 12.3 Å². The quantitative estimate of drug-likeness (QED) is 0.565. The van der Waals surface area contributed by atoms with Crippen molar-refractivity contribution in [1.82, 2.24) is 4.98 Å². The van der Waals surface area contributed by atoms with Gasteiger partial charge in [0.25, 0.3) is 0 Å². The maximum atomic E-state index is 12.5. The summed E-state index contributed by atoms with van der Waals surface area (Å²) < 4.78 is 30.7. The van der Waals surface area contributed by atoms with Crippen LogP contribution in [0.1, 0.15) is 5.56 Å². The number of nitrogens with zero attached hydrogens (tertiary/aromatic N) is 2. The molecule has 2 aromatic carbocycles. The molecule has 0 unspecified atom stereocenters. The Balaban J connectivity index is 1.76. The van der Waals surface area contributed by atoms with Gasteiger partial charge in [0.15, 0.2) is 5.13 Å². The van der Waals surface area contributed by atoms with E-state index in [1.807, 2.05) is 12.1 Å². The van der Waals surface area contributed by atoms with Gasteiger partial charge >= 0.3 is 0 Å². The van der Waals surface area contributed by atoms with E-state index in [0.717, 1.165) is 21.7 Å². The van der Waals surface area contributed by atoms with Crippen LogP contribution in [0.25, 0.3) is 11.3 Å². The first-order chi connectivity index (χ1) is 14.2. The number of hydrogen-bond acceptors (Lipinski definition) is 6. The second-order valence-corrected chi connectivity index (χ2v) is 9.66. The van der Waals surface area contributed by atoms with Crippen molar-refractivity contribution >= 4 is 49.7 Å². The number of halogens is 1. The van der Waals surface area contributed by atoms with E-state index in [9.17, 15) is 13.2 Å². The topological polar surface area (TPSA) is 88.6 Å². The number of thiazole rings is 1. The van der Waals surface area contributed by atoms with E-state index in [0.29, 0.717) is 27.3 Å². The summed E-state index contributed by atoms with van der Waals surface area (Å²) in [6.45, 7) is 1.44. The fourth-order valence-electron chi connectivity index (χ4n) is 2.80. The van der Waals surface area contributed by atoms with E-state index in [1.165, 1.54) is 18.4 Å². The summed E-state index contributed by atoms with van der Waals surface area (Å²) in [5.74, 6) is 0.0681. The van der Waals surface area contributed by atoms with E-state index in [1.54, 1.807) is 42.6 Å². The van der Waals surface area contributed by atoms with Gasteiger partial charge in [-0.1, -0.05) is 29.8 Å². The smallest absolute Gasteiger partial charge is 0.246 e. The zero-order valence-corrected chi connectivity index (χ0v) is 18.9. The van der Waals surface area contributed by atoms with Gasteiger partial charge in [-0.3, -0.25) is 9.10 Å². The number of nitrogens with one attached hydrogen (secondary N) is 1. The minimum absolute atomic E-state index is 0.354. The maximum Gasteiger partial charge on any atom is 0.246 e. The maximum absolute atomic E-state index is 12.5. The molecule has 0 aliphatic carbocycles. The van der Waals surface area contributed by atoms with Crippen molar-refractivity contribution < 1.29 is 17.9 Å². The number of carbonyl (C=O) groups is 1. The summed E-state index contributed by atoms with van der Waals surface area (Å²) in [5, 5.41) is 5.26. The molecule has 0 bridgehead atoms. The first-order valence-electron chi connectivity index (χ1n) is 8.81. The van der Waals surface area contributed by atoms with Crippen molar-refractivity contribution in [1.29, 1.82) is 0 Å². The van der Waals surface area contributed by atoms with Crippen molar-refractivity contribution in [3.8, 4) is 17.0 Å². The summed E-state index contributed by atoms with van der Waals surface area (Å²) in [5.41, 5.74) is 2.63. The Kier molecular flexibility index (Phi) is 6.64. The molecule has 0 saturated carbocycles. The minimum atomic E-state index is -3.65. The van der Waals surface area contributed by atoms with Gasteiger partial charge in [0.05, 0.1) is 29.8 Å². The van der Waals surface area contributed by atoms with Crippen LogP contribution < -0.4 is 14.4 Å². The van der Waals surface area contributed by atoms with Crippen LogP contribution in [0.5, 0.6) is 5.75 Å². The summed E-state index contributed by atoms with van der Waals surface area (Å²) >= 11 is 7.40. The summed E-state index contributed by atoms with van der Waals surface area (Å²) in [6, 6.07) is 12.3. The Hall–Kier alpha value is -2.62. The molecule has 0 atom stereocenters. The molecule has 0 aliphatic heterocycles. The highest BCUT2D eigenvalue weighted by Crippen LogP contribution is 2.32. The molecule has 10 heteroatoms.